The lowest BCUT2D eigenvalue weighted by molar-refractivity contribution is 0.0692. The van der Waals surface area contributed by atoms with Gasteiger partial charge in [0.2, 0.25) is 0 Å². The molecule has 3 N–H and O–H groups in total. The second-order valence-electron chi connectivity index (χ2n) is 6.60. The smallest absolute Gasteiger partial charge is 0.341 e. The van der Waals surface area contributed by atoms with Crippen molar-refractivity contribution in [3.05, 3.63) is 65.7 Å². The minimum Gasteiger partial charge on any atom is -0.497 e. The maximum atomic E-state index is 12.6. The third-order valence-electron chi connectivity index (χ3n) is 4.64. The summed E-state index contributed by atoms with van der Waals surface area (Å²) in [5, 5.41) is 16.4. The molecule has 1 amide bonds. The van der Waals surface area contributed by atoms with Gasteiger partial charge in [-0.25, -0.2) is 9.78 Å². The number of hydrogen-bond donors (Lipinski definition) is 3. The van der Waals surface area contributed by atoms with Gasteiger partial charge < -0.3 is 24.7 Å². The SMILES string of the molecule is COc1ccc(-c2noc([C@@H](C)NC(=O)c3nc4ccccc4[nH]3)c2C(=O)O)cc1.Cl. The maximum absolute atomic E-state index is 12.6. The van der Waals surface area contributed by atoms with Gasteiger partial charge in [-0.15, -0.1) is 12.4 Å². The predicted octanol–water partition coefficient (Wildman–Crippen LogP) is 3.84. The van der Waals surface area contributed by atoms with E-state index in [-0.39, 0.29) is 35.2 Å². The average molecular weight is 443 g/mol. The molecular formula is C21H19ClN4O5. The number of halogens is 1. The number of imidazole rings is 1. The molecule has 0 radical (unpaired) electrons. The van der Waals surface area contributed by atoms with Crippen molar-refractivity contribution in [3.63, 3.8) is 0 Å². The number of ether oxygens (including phenoxy) is 1. The number of carboxylic acid groups (broad SMARTS) is 1. The molecule has 2 heterocycles. The molecule has 0 fully saturated rings. The van der Waals surface area contributed by atoms with Crippen LogP contribution >= 0.6 is 12.4 Å². The van der Waals surface area contributed by atoms with Crippen molar-refractivity contribution in [3.8, 4) is 17.0 Å². The van der Waals surface area contributed by atoms with E-state index >= 15 is 0 Å². The molecule has 31 heavy (non-hydrogen) atoms. The van der Waals surface area contributed by atoms with Crippen LogP contribution in [0.25, 0.3) is 22.3 Å². The highest BCUT2D eigenvalue weighted by molar-refractivity contribution is 5.97. The first-order valence-corrected chi connectivity index (χ1v) is 9.11. The highest BCUT2D eigenvalue weighted by Gasteiger charge is 2.28. The Morgan fingerprint density at radius 2 is 1.87 bits per heavy atom. The maximum Gasteiger partial charge on any atom is 0.341 e. The zero-order valence-corrected chi connectivity index (χ0v) is 17.4. The second-order valence-corrected chi connectivity index (χ2v) is 6.60. The molecule has 0 aliphatic rings. The summed E-state index contributed by atoms with van der Waals surface area (Å²) in [5.74, 6) is -0.905. The molecule has 0 aliphatic heterocycles. The van der Waals surface area contributed by atoms with Crippen molar-refractivity contribution < 1.29 is 24.0 Å². The second kappa shape index (κ2) is 8.88. The van der Waals surface area contributed by atoms with Crippen LogP contribution in [0.4, 0.5) is 0 Å². The largest absolute Gasteiger partial charge is 0.497 e. The molecule has 9 nitrogen and oxygen atoms in total. The third kappa shape index (κ3) is 4.22. The van der Waals surface area contributed by atoms with E-state index < -0.39 is 17.9 Å². The molecular weight excluding hydrogens is 424 g/mol. The molecule has 10 heteroatoms. The number of aromatic carboxylic acids is 1. The normalized spacial score (nSPS) is 11.5. The van der Waals surface area contributed by atoms with Gasteiger partial charge in [0.15, 0.2) is 11.6 Å². The molecule has 4 aromatic rings. The first-order valence-electron chi connectivity index (χ1n) is 9.11. The number of aromatic nitrogens is 3. The number of carbonyl (C=O) groups is 2. The Kier molecular flexibility index (Phi) is 6.26. The molecule has 160 valence electrons. The van der Waals surface area contributed by atoms with Gasteiger partial charge in [-0.2, -0.15) is 0 Å². The van der Waals surface area contributed by atoms with E-state index in [1.54, 1.807) is 37.3 Å². The van der Waals surface area contributed by atoms with Crippen molar-refractivity contribution >= 4 is 35.3 Å². The number of nitrogens with zero attached hydrogens (tertiary/aromatic N) is 2. The van der Waals surface area contributed by atoms with Crippen molar-refractivity contribution in [1.29, 1.82) is 0 Å². The Labute approximate surface area is 182 Å². The van der Waals surface area contributed by atoms with E-state index in [0.717, 1.165) is 5.52 Å². The van der Waals surface area contributed by atoms with Crippen molar-refractivity contribution in [1.82, 2.24) is 20.4 Å². The van der Waals surface area contributed by atoms with Crippen LogP contribution in [-0.4, -0.2) is 39.2 Å². The summed E-state index contributed by atoms with van der Waals surface area (Å²) in [6.07, 6.45) is 0. The first kappa shape index (κ1) is 21.8. The number of nitrogens with one attached hydrogen (secondary N) is 2. The average Bonchev–Trinajstić information content (AvgIpc) is 3.38. The van der Waals surface area contributed by atoms with Gasteiger partial charge in [-0.05, 0) is 43.3 Å². The zero-order chi connectivity index (χ0) is 21.3. The minimum atomic E-state index is -1.21. The van der Waals surface area contributed by atoms with E-state index in [4.69, 9.17) is 9.26 Å². The van der Waals surface area contributed by atoms with Crippen LogP contribution in [0.2, 0.25) is 0 Å². The Hall–Kier alpha value is -3.85. The number of carboxylic acids is 1. The number of benzene rings is 2. The molecule has 0 bridgehead atoms. The lowest BCUT2D eigenvalue weighted by atomic mass is 10.0. The van der Waals surface area contributed by atoms with Gasteiger partial charge in [0.25, 0.3) is 5.91 Å². The van der Waals surface area contributed by atoms with Gasteiger partial charge >= 0.3 is 5.97 Å². The van der Waals surface area contributed by atoms with Crippen molar-refractivity contribution in [2.45, 2.75) is 13.0 Å². The first-order chi connectivity index (χ1) is 14.5. The molecule has 0 spiro atoms. The van der Waals surface area contributed by atoms with Gasteiger partial charge in [-0.3, -0.25) is 4.79 Å². The molecule has 0 unspecified atom stereocenters. The van der Waals surface area contributed by atoms with E-state index in [1.807, 2.05) is 18.2 Å². The number of aromatic amines is 1. The van der Waals surface area contributed by atoms with Gasteiger partial charge in [0, 0.05) is 5.56 Å². The molecule has 4 rings (SSSR count). The summed E-state index contributed by atoms with van der Waals surface area (Å²) in [6.45, 7) is 1.62. The van der Waals surface area contributed by atoms with Crippen LogP contribution in [0.5, 0.6) is 5.75 Å². The molecule has 2 aromatic carbocycles. The summed E-state index contributed by atoms with van der Waals surface area (Å²) in [5.41, 5.74) is 1.99. The highest BCUT2D eigenvalue weighted by atomic mass is 35.5. The monoisotopic (exact) mass is 442 g/mol. The fourth-order valence-electron chi connectivity index (χ4n) is 3.14. The van der Waals surface area contributed by atoms with Gasteiger partial charge in [-0.1, -0.05) is 17.3 Å². The van der Waals surface area contributed by atoms with Gasteiger partial charge in [0.05, 0.1) is 24.2 Å². The summed E-state index contributed by atoms with van der Waals surface area (Å²) >= 11 is 0. The van der Waals surface area contributed by atoms with Crippen LogP contribution in [0.3, 0.4) is 0 Å². The number of rotatable bonds is 6. The van der Waals surface area contributed by atoms with Crippen LogP contribution in [0.1, 0.15) is 39.7 Å². The molecule has 0 aliphatic carbocycles. The lowest BCUT2D eigenvalue weighted by Crippen LogP contribution is -2.28. The topological polar surface area (TPSA) is 130 Å². The Balaban J connectivity index is 0.00000272. The Morgan fingerprint density at radius 1 is 1.16 bits per heavy atom. The minimum absolute atomic E-state index is 0. The summed E-state index contributed by atoms with van der Waals surface area (Å²) in [7, 11) is 1.54. The van der Waals surface area contributed by atoms with Crippen LogP contribution in [0, 0.1) is 0 Å². The van der Waals surface area contributed by atoms with Crippen LogP contribution in [-0.2, 0) is 0 Å². The lowest BCUT2D eigenvalue weighted by Gasteiger charge is -2.10. The van der Waals surface area contributed by atoms with Gasteiger partial charge in [0.1, 0.15) is 17.0 Å². The summed E-state index contributed by atoms with van der Waals surface area (Å²) in [6, 6.07) is 13.3. The zero-order valence-electron chi connectivity index (χ0n) is 16.6. The van der Waals surface area contributed by atoms with Crippen LogP contribution < -0.4 is 10.1 Å². The van der Waals surface area contributed by atoms with Crippen molar-refractivity contribution in [2.24, 2.45) is 0 Å². The number of hydrogen-bond acceptors (Lipinski definition) is 6. The molecule has 0 saturated carbocycles. The standard InChI is InChI=1S/C21H18N4O5.ClH/c1-11(22-20(26)19-23-14-5-3-4-6-15(14)24-19)18-16(21(27)28)17(25-30-18)12-7-9-13(29-2)10-8-12;/h3-11H,1-2H3,(H,22,26)(H,23,24)(H,27,28);1H/t11-;/m1./s1. The Bertz CT molecular complexity index is 1200. The summed E-state index contributed by atoms with van der Waals surface area (Å²) < 4.78 is 10.4. The fraction of sp³-hybridized carbons (Fsp3) is 0.143. The number of carbonyl (C=O) groups excluding carboxylic acids is 1. The van der Waals surface area contributed by atoms with Crippen molar-refractivity contribution in [2.75, 3.05) is 7.11 Å². The number of amides is 1. The Morgan fingerprint density at radius 3 is 2.52 bits per heavy atom. The summed E-state index contributed by atoms with van der Waals surface area (Å²) in [4.78, 5) is 31.7. The fourth-order valence-corrected chi connectivity index (χ4v) is 3.14. The van der Waals surface area contributed by atoms with E-state index in [0.29, 0.717) is 16.8 Å². The van der Waals surface area contributed by atoms with Crippen LogP contribution in [0.15, 0.2) is 53.1 Å². The van der Waals surface area contributed by atoms with E-state index in [2.05, 4.69) is 20.4 Å². The quantitative estimate of drug-likeness (QED) is 0.413. The molecule has 2 aromatic heterocycles. The van der Waals surface area contributed by atoms with E-state index in [9.17, 15) is 14.7 Å². The predicted molar refractivity (Wildman–Crippen MR) is 115 cm³/mol. The number of fused-ring (bicyclic) bond motifs is 1. The molecule has 1 atom stereocenters. The van der Waals surface area contributed by atoms with E-state index in [1.165, 1.54) is 7.11 Å². The highest BCUT2D eigenvalue weighted by Crippen LogP contribution is 2.30. The number of methoxy groups -OCH3 is 1. The number of para-hydroxylation sites is 2. The number of H-pyrrole nitrogens is 1. The third-order valence-corrected chi connectivity index (χ3v) is 4.64. The molecule has 0 saturated heterocycles.